The molecule has 0 radical (unpaired) electrons. The maximum atomic E-state index is 6.08. The Morgan fingerprint density at radius 2 is 1.74 bits per heavy atom. The standard InChI is InChI=1S/C13H18Cl3NO2/c1-8(2)17-6-9(7-18-3)19-13-5-11(15)10(14)4-12(13)16/h4-5,8-9,17H,6-7H2,1-3H3. The van der Waals surface area contributed by atoms with Crippen LogP contribution in [-0.2, 0) is 4.74 Å². The zero-order valence-electron chi connectivity index (χ0n) is 11.2. The zero-order chi connectivity index (χ0) is 14.4. The molecule has 1 aromatic rings. The van der Waals surface area contributed by atoms with E-state index in [0.717, 1.165) is 0 Å². The van der Waals surface area contributed by atoms with Crippen LogP contribution in [0.1, 0.15) is 13.8 Å². The number of hydrogen-bond acceptors (Lipinski definition) is 3. The molecule has 1 unspecified atom stereocenters. The normalized spacial score (nSPS) is 12.8. The third kappa shape index (κ3) is 5.76. The van der Waals surface area contributed by atoms with E-state index in [4.69, 9.17) is 44.3 Å². The van der Waals surface area contributed by atoms with E-state index in [2.05, 4.69) is 19.2 Å². The summed E-state index contributed by atoms with van der Waals surface area (Å²) in [5.41, 5.74) is 0. The monoisotopic (exact) mass is 325 g/mol. The van der Waals surface area contributed by atoms with E-state index in [1.807, 2.05) is 0 Å². The molecule has 0 spiro atoms. The van der Waals surface area contributed by atoms with Crippen molar-refractivity contribution >= 4 is 34.8 Å². The van der Waals surface area contributed by atoms with E-state index < -0.39 is 0 Å². The molecule has 0 aliphatic carbocycles. The van der Waals surface area contributed by atoms with Crippen LogP contribution in [0.15, 0.2) is 12.1 Å². The maximum absolute atomic E-state index is 6.08. The molecule has 1 atom stereocenters. The van der Waals surface area contributed by atoms with Crippen molar-refractivity contribution in [3.63, 3.8) is 0 Å². The van der Waals surface area contributed by atoms with Crippen LogP contribution in [0.25, 0.3) is 0 Å². The van der Waals surface area contributed by atoms with E-state index in [9.17, 15) is 0 Å². The smallest absolute Gasteiger partial charge is 0.140 e. The molecule has 6 heteroatoms. The first-order chi connectivity index (χ1) is 8.93. The van der Waals surface area contributed by atoms with Crippen LogP contribution < -0.4 is 10.1 Å². The topological polar surface area (TPSA) is 30.5 Å². The molecule has 19 heavy (non-hydrogen) atoms. The molecule has 0 amide bonds. The van der Waals surface area contributed by atoms with Gasteiger partial charge in [0.15, 0.2) is 0 Å². The maximum Gasteiger partial charge on any atom is 0.140 e. The minimum atomic E-state index is -0.151. The number of hydrogen-bond donors (Lipinski definition) is 1. The van der Waals surface area contributed by atoms with Crippen molar-refractivity contribution in [3.05, 3.63) is 27.2 Å². The first kappa shape index (κ1) is 16.9. The number of rotatable bonds is 7. The van der Waals surface area contributed by atoms with Crippen molar-refractivity contribution < 1.29 is 9.47 Å². The van der Waals surface area contributed by atoms with Gasteiger partial charge in [-0.05, 0) is 6.07 Å². The van der Waals surface area contributed by atoms with Crippen LogP contribution in [-0.4, -0.2) is 32.4 Å². The highest BCUT2D eigenvalue weighted by atomic mass is 35.5. The Bertz CT molecular complexity index is 413. The number of ether oxygens (including phenoxy) is 2. The average Bonchev–Trinajstić information content (AvgIpc) is 2.33. The number of nitrogens with one attached hydrogen (secondary N) is 1. The van der Waals surface area contributed by atoms with Crippen LogP contribution in [0, 0.1) is 0 Å². The molecular formula is C13H18Cl3NO2. The first-order valence-corrected chi connectivity index (χ1v) is 7.11. The Labute approximate surface area is 129 Å². The average molecular weight is 327 g/mol. The highest BCUT2D eigenvalue weighted by Gasteiger charge is 2.14. The summed E-state index contributed by atoms with van der Waals surface area (Å²) in [6.45, 7) is 5.24. The molecule has 0 aliphatic rings. The van der Waals surface area contributed by atoms with Gasteiger partial charge in [-0.25, -0.2) is 0 Å². The summed E-state index contributed by atoms with van der Waals surface area (Å²) >= 11 is 17.9. The molecule has 0 saturated carbocycles. The third-order valence-electron chi connectivity index (χ3n) is 2.37. The highest BCUT2D eigenvalue weighted by Crippen LogP contribution is 2.34. The van der Waals surface area contributed by atoms with E-state index in [1.165, 1.54) is 0 Å². The second-order valence-electron chi connectivity index (χ2n) is 4.45. The Hall–Kier alpha value is -0.190. The quantitative estimate of drug-likeness (QED) is 0.767. The molecule has 1 aromatic carbocycles. The van der Waals surface area contributed by atoms with Crippen molar-refractivity contribution in [3.8, 4) is 5.75 Å². The van der Waals surface area contributed by atoms with Crippen LogP contribution in [0.5, 0.6) is 5.75 Å². The number of halogens is 3. The van der Waals surface area contributed by atoms with Crippen LogP contribution in [0.2, 0.25) is 15.1 Å². The lowest BCUT2D eigenvalue weighted by atomic mass is 10.3. The summed E-state index contributed by atoms with van der Waals surface area (Å²) in [4.78, 5) is 0. The van der Waals surface area contributed by atoms with Gasteiger partial charge in [0.25, 0.3) is 0 Å². The molecule has 108 valence electrons. The van der Waals surface area contributed by atoms with Gasteiger partial charge >= 0.3 is 0 Å². The number of benzene rings is 1. The largest absolute Gasteiger partial charge is 0.485 e. The Balaban J connectivity index is 2.75. The summed E-state index contributed by atoms with van der Waals surface area (Å²) in [6.07, 6.45) is -0.151. The molecule has 0 saturated heterocycles. The van der Waals surface area contributed by atoms with Crippen molar-refractivity contribution in [2.24, 2.45) is 0 Å². The van der Waals surface area contributed by atoms with Gasteiger partial charge in [-0.1, -0.05) is 48.7 Å². The van der Waals surface area contributed by atoms with Crippen molar-refractivity contribution in [2.75, 3.05) is 20.3 Å². The summed E-state index contributed by atoms with van der Waals surface area (Å²) in [6, 6.07) is 3.55. The molecule has 0 heterocycles. The lowest BCUT2D eigenvalue weighted by Gasteiger charge is -2.21. The van der Waals surface area contributed by atoms with Crippen molar-refractivity contribution in [1.82, 2.24) is 5.32 Å². The van der Waals surface area contributed by atoms with Crippen LogP contribution in [0.4, 0.5) is 0 Å². The molecule has 1 rings (SSSR count). The summed E-state index contributed by atoms with van der Waals surface area (Å²) in [7, 11) is 1.63. The molecule has 1 N–H and O–H groups in total. The molecule has 0 aromatic heterocycles. The van der Waals surface area contributed by atoms with E-state index in [0.29, 0.717) is 40.0 Å². The molecule has 0 fully saturated rings. The van der Waals surface area contributed by atoms with Gasteiger partial charge in [-0.2, -0.15) is 0 Å². The minimum absolute atomic E-state index is 0.151. The first-order valence-electron chi connectivity index (χ1n) is 5.97. The Morgan fingerprint density at radius 3 is 2.32 bits per heavy atom. The van der Waals surface area contributed by atoms with Crippen LogP contribution in [0.3, 0.4) is 0 Å². The van der Waals surface area contributed by atoms with Gasteiger partial charge in [-0.3, -0.25) is 0 Å². The van der Waals surface area contributed by atoms with E-state index in [-0.39, 0.29) is 6.10 Å². The molecule has 3 nitrogen and oxygen atoms in total. The van der Waals surface area contributed by atoms with Crippen LogP contribution >= 0.6 is 34.8 Å². The fourth-order valence-corrected chi connectivity index (χ4v) is 2.04. The van der Waals surface area contributed by atoms with Crippen molar-refractivity contribution in [2.45, 2.75) is 26.0 Å². The van der Waals surface area contributed by atoms with Gasteiger partial charge < -0.3 is 14.8 Å². The predicted octanol–water partition coefficient (Wildman–Crippen LogP) is 4.04. The molecule has 0 aliphatic heterocycles. The zero-order valence-corrected chi connectivity index (χ0v) is 13.4. The van der Waals surface area contributed by atoms with Gasteiger partial charge in [0.05, 0.1) is 21.7 Å². The van der Waals surface area contributed by atoms with Gasteiger partial charge in [0.2, 0.25) is 0 Å². The predicted molar refractivity (Wildman–Crippen MR) is 80.9 cm³/mol. The molecule has 0 bridgehead atoms. The fourth-order valence-electron chi connectivity index (χ4n) is 1.46. The third-order valence-corrected chi connectivity index (χ3v) is 3.39. The van der Waals surface area contributed by atoms with E-state index >= 15 is 0 Å². The van der Waals surface area contributed by atoms with Gasteiger partial charge in [0, 0.05) is 25.8 Å². The molecular weight excluding hydrogens is 309 g/mol. The summed E-state index contributed by atoms with van der Waals surface area (Å²) < 4.78 is 10.9. The SMILES string of the molecule is COCC(CNC(C)C)Oc1cc(Cl)c(Cl)cc1Cl. The Morgan fingerprint density at radius 1 is 1.11 bits per heavy atom. The van der Waals surface area contributed by atoms with Gasteiger partial charge in [-0.15, -0.1) is 0 Å². The summed E-state index contributed by atoms with van der Waals surface area (Å²) in [5.74, 6) is 0.503. The minimum Gasteiger partial charge on any atom is -0.485 e. The lowest BCUT2D eigenvalue weighted by molar-refractivity contribution is 0.0795. The second kappa shape index (κ2) is 8.18. The lowest BCUT2D eigenvalue weighted by Crippen LogP contribution is -2.38. The Kier molecular flexibility index (Phi) is 7.26. The second-order valence-corrected chi connectivity index (χ2v) is 5.68. The van der Waals surface area contributed by atoms with Crippen molar-refractivity contribution in [1.29, 1.82) is 0 Å². The summed E-state index contributed by atoms with van der Waals surface area (Å²) in [5, 5.41) is 4.54. The highest BCUT2D eigenvalue weighted by molar-refractivity contribution is 6.43. The van der Waals surface area contributed by atoms with Gasteiger partial charge in [0.1, 0.15) is 11.9 Å². The number of methoxy groups -OCH3 is 1. The van der Waals surface area contributed by atoms with E-state index in [1.54, 1.807) is 19.2 Å². The fraction of sp³-hybridized carbons (Fsp3) is 0.538.